The Labute approximate surface area is 85.7 Å². The monoisotopic (exact) mass is 235 g/mol. The number of hydrogen-bond donors (Lipinski definition) is 0. The molecule has 0 atom stereocenters. The topological polar surface area (TPSA) is 104 Å². The van der Waals surface area contributed by atoms with Gasteiger partial charge in [0.25, 0.3) is 10.1 Å². The van der Waals surface area contributed by atoms with Crippen molar-refractivity contribution in [1.29, 1.82) is 0 Å². The lowest BCUT2D eigenvalue weighted by Crippen LogP contribution is -2.06. The molecule has 0 unspecified atom stereocenters. The molecule has 0 aliphatic heterocycles. The molecule has 8 nitrogen and oxygen atoms in total. The summed E-state index contributed by atoms with van der Waals surface area (Å²) in [5.41, 5.74) is 0.312. The van der Waals surface area contributed by atoms with E-state index in [0.717, 1.165) is 12.3 Å². The molecule has 9 heteroatoms. The third-order valence-electron chi connectivity index (χ3n) is 1.57. The Morgan fingerprint density at radius 2 is 2.27 bits per heavy atom. The number of nitro groups is 1. The van der Waals surface area contributed by atoms with Gasteiger partial charge in [0.2, 0.25) is 0 Å². The molecule has 0 N–H and O–H groups in total. The minimum Gasteiger partial charge on any atom is -0.358 e. The zero-order chi connectivity index (χ0) is 11.6. The average molecular weight is 235 g/mol. The highest BCUT2D eigenvalue weighted by atomic mass is 32.2. The summed E-state index contributed by atoms with van der Waals surface area (Å²) in [6.07, 6.45) is 0.901. The summed E-state index contributed by atoms with van der Waals surface area (Å²) in [6.45, 7) is -0.268. The highest BCUT2D eigenvalue weighted by Gasteiger charge is 2.16. The van der Waals surface area contributed by atoms with Crippen LogP contribution in [0.15, 0.2) is 6.07 Å². The van der Waals surface area contributed by atoms with Gasteiger partial charge in [-0.15, -0.1) is 0 Å². The van der Waals surface area contributed by atoms with Gasteiger partial charge < -0.3 is 10.1 Å². The fourth-order valence-corrected chi connectivity index (χ4v) is 1.22. The van der Waals surface area contributed by atoms with Gasteiger partial charge in [0.1, 0.15) is 6.61 Å². The van der Waals surface area contributed by atoms with Gasteiger partial charge in [-0.3, -0.25) is 4.18 Å². The minimum absolute atomic E-state index is 0.268. The number of aromatic nitrogens is 2. The second kappa shape index (κ2) is 3.95. The van der Waals surface area contributed by atoms with E-state index in [-0.39, 0.29) is 12.4 Å². The van der Waals surface area contributed by atoms with Crippen LogP contribution in [0.3, 0.4) is 0 Å². The standard InChI is InChI=1S/C6H9N3O5S/c1-8-5(4-14-15(2,12)13)3-6(7-8)9(10)11/h3H,4H2,1-2H3. The maximum atomic E-state index is 10.7. The Kier molecular flexibility index (Phi) is 3.05. The van der Waals surface area contributed by atoms with E-state index >= 15 is 0 Å². The summed E-state index contributed by atoms with van der Waals surface area (Å²) in [7, 11) is -2.09. The van der Waals surface area contributed by atoms with E-state index in [1.807, 2.05) is 0 Å². The van der Waals surface area contributed by atoms with Crippen LogP contribution in [0, 0.1) is 10.1 Å². The third-order valence-corrected chi connectivity index (χ3v) is 2.12. The first-order valence-corrected chi connectivity index (χ1v) is 5.63. The lowest BCUT2D eigenvalue weighted by Gasteiger charge is -1.98. The zero-order valence-corrected chi connectivity index (χ0v) is 8.89. The fourth-order valence-electron chi connectivity index (χ4n) is 0.881. The largest absolute Gasteiger partial charge is 0.390 e. The lowest BCUT2D eigenvalue weighted by atomic mass is 10.4. The van der Waals surface area contributed by atoms with Gasteiger partial charge in [-0.05, 0) is 4.92 Å². The number of aryl methyl sites for hydroxylation is 1. The Morgan fingerprint density at radius 3 is 2.67 bits per heavy atom. The molecular weight excluding hydrogens is 226 g/mol. The molecular formula is C6H9N3O5S. The van der Waals surface area contributed by atoms with Crippen molar-refractivity contribution < 1.29 is 17.5 Å². The summed E-state index contributed by atoms with van der Waals surface area (Å²) in [5.74, 6) is -0.343. The molecule has 0 saturated heterocycles. The van der Waals surface area contributed by atoms with E-state index < -0.39 is 15.0 Å². The Hall–Kier alpha value is -1.48. The van der Waals surface area contributed by atoms with Gasteiger partial charge in [0, 0.05) is 0 Å². The summed E-state index contributed by atoms with van der Waals surface area (Å²) in [5, 5.41) is 13.9. The number of hydrogen-bond acceptors (Lipinski definition) is 6. The quantitative estimate of drug-likeness (QED) is 0.406. The molecule has 0 aliphatic carbocycles. The first-order valence-electron chi connectivity index (χ1n) is 3.81. The van der Waals surface area contributed by atoms with Gasteiger partial charge in [-0.2, -0.15) is 13.1 Å². The van der Waals surface area contributed by atoms with Crippen LogP contribution in [0.5, 0.6) is 0 Å². The second-order valence-corrected chi connectivity index (χ2v) is 4.48. The first kappa shape index (κ1) is 11.6. The van der Waals surface area contributed by atoms with E-state index in [0.29, 0.717) is 5.69 Å². The van der Waals surface area contributed by atoms with Crippen LogP contribution in [0.25, 0.3) is 0 Å². The summed E-state index contributed by atoms with van der Waals surface area (Å²) >= 11 is 0. The van der Waals surface area contributed by atoms with Crippen LogP contribution < -0.4 is 0 Å². The minimum atomic E-state index is -3.56. The molecule has 84 valence electrons. The molecule has 1 aromatic heterocycles. The van der Waals surface area contributed by atoms with Gasteiger partial charge in [-0.1, -0.05) is 0 Å². The van der Waals surface area contributed by atoms with Crippen molar-refractivity contribution in [3.05, 3.63) is 21.9 Å². The van der Waals surface area contributed by atoms with Gasteiger partial charge in [-0.25, -0.2) is 0 Å². The Morgan fingerprint density at radius 1 is 1.67 bits per heavy atom. The van der Waals surface area contributed by atoms with Crippen LogP contribution in [-0.4, -0.2) is 29.4 Å². The predicted molar refractivity (Wildman–Crippen MR) is 49.5 cm³/mol. The Balaban J connectivity index is 2.82. The highest BCUT2D eigenvalue weighted by molar-refractivity contribution is 7.85. The van der Waals surface area contributed by atoms with E-state index in [1.54, 1.807) is 0 Å². The Bertz CT molecular complexity index is 477. The summed E-state index contributed by atoms with van der Waals surface area (Å²) in [4.78, 5) is 9.68. The third kappa shape index (κ3) is 3.29. The first-order chi connectivity index (χ1) is 6.79. The van der Waals surface area contributed by atoms with Gasteiger partial charge in [0.05, 0.1) is 30.2 Å². The molecule has 0 fully saturated rings. The number of rotatable bonds is 4. The van der Waals surface area contributed by atoms with Crippen LogP contribution in [0.4, 0.5) is 5.82 Å². The maximum absolute atomic E-state index is 10.7. The molecule has 1 heterocycles. The average Bonchev–Trinajstić information content (AvgIpc) is 2.42. The van der Waals surface area contributed by atoms with E-state index in [4.69, 9.17) is 0 Å². The molecule has 1 aromatic rings. The SMILES string of the molecule is Cn1nc([N+](=O)[O-])cc1COS(C)(=O)=O. The molecule has 0 aliphatic rings. The predicted octanol–water partition coefficient (Wildman–Crippen LogP) is -0.196. The number of nitrogens with zero attached hydrogens (tertiary/aromatic N) is 3. The van der Waals surface area contributed by atoms with E-state index in [9.17, 15) is 18.5 Å². The van der Waals surface area contributed by atoms with Crippen molar-refractivity contribution in [2.75, 3.05) is 6.26 Å². The molecule has 0 bridgehead atoms. The molecule has 0 aromatic carbocycles. The van der Waals surface area contributed by atoms with E-state index in [1.165, 1.54) is 11.7 Å². The smallest absolute Gasteiger partial charge is 0.358 e. The van der Waals surface area contributed by atoms with E-state index in [2.05, 4.69) is 9.28 Å². The summed E-state index contributed by atoms with van der Waals surface area (Å²) < 4.78 is 27.0. The van der Waals surface area contributed by atoms with Gasteiger partial charge >= 0.3 is 5.82 Å². The molecule has 1 rings (SSSR count). The molecule has 0 spiro atoms. The van der Waals surface area contributed by atoms with Crippen molar-refractivity contribution in [1.82, 2.24) is 9.78 Å². The maximum Gasteiger partial charge on any atom is 0.390 e. The van der Waals surface area contributed by atoms with Crippen molar-refractivity contribution in [3.8, 4) is 0 Å². The van der Waals surface area contributed by atoms with Gasteiger partial charge in [0.15, 0.2) is 0 Å². The normalized spacial score (nSPS) is 11.6. The molecule has 0 radical (unpaired) electrons. The molecule has 0 amide bonds. The van der Waals surface area contributed by atoms with Crippen molar-refractivity contribution in [2.45, 2.75) is 6.61 Å². The van der Waals surface area contributed by atoms with Crippen molar-refractivity contribution >= 4 is 15.9 Å². The lowest BCUT2D eigenvalue weighted by molar-refractivity contribution is -0.389. The fraction of sp³-hybridized carbons (Fsp3) is 0.500. The van der Waals surface area contributed by atoms with Crippen LogP contribution in [0.2, 0.25) is 0 Å². The molecule has 0 saturated carbocycles. The van der Waals surface area contributed by atoms with Crippen LogP contribution in [-0.2, 0) is 28.0 Å². The van der Waals surface area contributed by atoms with Crippen LogP contribution in [0.1, 0.15) is 5.69 Å². The highest BCUT2D eigenvalue weighted by Crippen LogP contribution is 2.12. The molecule has 15 heavy (non-hydrogen) atoms. The second-order valence-electron chi connectivity index (χ2n) is 2.84. The van der Waals surface area contributed by atoms with Crippen molar-refractivity contribution in [2.24, 2.45) is 7.05 Å². The zero-order valence-electron chi connectivity index (χ0n) is 8.08. The van der Waals surface area contributed by atoms with Crippen molar-refractivity contribution in [3.63, 3.8) is 0 Å². The van der Waals surface area contributed by atoms with Crippen LogP contribution >= 0.6 is 0 Å². The summed E-state index contributed by atoms with van der Waals surface area (Å²) in [6, 6.07) is 1.16.